The van der Waals surface area contributed by atoms with Crippen LogP contribution in [-0.4, -0.2) is 43.7 Å². The molecule has 4 nitrogen and oxygen atoms in total. The molecule has 1 amide bonds. The van der Waals surface area contributed by atoms with Crippen LogP contribution in [0, 0.1) is 0 Å². The number of morpholine rings is 1. The first kappa shape index (κ1) is 19.1. The summed E-state index contributed by atoms with van der Waals surface area (Å²) >= 11 is 3.41. The quantitative estimate of drug-likeness (QED) is 0.641. The van der Waals surface area contributed by atoms with Crippen molar-refractivity contribution in [3.8, 4) is 0 Å². The fourth-order valence-corrected chi connectivity index (χ4v) is 4.02. The van der Waals surface area contributed by atoms with Gasteiger partial charge in [-0.25, -0.2) is 0 Å². The van der Waals surface area contributed by atoms with E-state index >= 15 is 0 Å². The van der Waals surface area contributed by atoms with Crippen LogP contribution in [0.4, 0.5) is 0 Å². The van der Waals surface area contributed by atoms with Gasteiger partial charge in [-0.2, -0.15) is 0 Å². The van der Waals surface area contributed by atoms with E-state index in [9.17, 15) is 4.79 Å². The van der Waals surface area contributed by atoms with Crippen molar-refractivity contribution in [2.75, 3.05) is 32.8 Å². The number of halogens is 1. The molecule has 1 atom stereocenters. The van der Waals surface area contributed by atoms with Gasteiger partial charge in [0.2, 0.25) is 0 Å². The van der Waals surface area contributed by atoms with Gasteiger partial charge in [-0.05, 0) is 40.6 Å². The minimum absolute atomic E-state index is 0.0500. The Labute approximate surface area is 173 Å². The van der Waals surface area contributed by atoms with Crippen LogP contribution in [0.1, 0.15) is 22.0 Å². The maximum Gasteiger partial charge on any atom is 0.251 e. The number of ether oxygens (including phenoxy) is 1. The van der Waals surface area contributed by atoms with Gasteiger partial charge in [0.25, 0.3) is 5.91 Å². The molecule has 0 aliphatic carbocycles. The smallest absolute Gasteiger partial charge is 0.251 e. The van der Waals surface area contributed by atoms with Crippen molar-refractivity contribution in [1.82, 2.24) is 10.2 Å². The predicted molar refractivity (Wildman–Crippen MR) is 116 cm³/mol. The molecule has 3 aromatic rings. The maximum absolute atomic E-state index is 12.7. The van der Waals surface area contributed by atoms with Crippen LogP contribution in [0.5, 0.6) is 0 Å². The van der Waals surface area contributed by atoms with Crippen LogP contribution in [-0.2, 0) is 4.74 Å². The highest BCUT2D eigenvalue weighted by molar-refractivity contribution is 9.10. The van der Waals surface area contributed by atoms with Gasteiger partial charge in [0.1, 0.15) is 0 Å². The van der Waals surface area contributed by atoms with E-state index in [1.807, 2.05) is 24.3 Å². The average molecular weight is 439 g/mol. The van der Waals surface area contributed by atoms with E-state index in [0.29, 0.717) is 12.1 Å². The Bertz CT molecular complexity index is 947. The van der Waals surface area contributed by atoms with Gasteiger partial charge in [-0.15, -0.1) is 0 Å². The number of rotatable bonds is 5. The molecule has 1 fully saturated rings. The Morgan fingerprint density at radius 2 is 1.71 bits per heavy atom. The number of hydrogen-bond donors (Lipinski definition) is 1. The molecule has 3 aromatic carbocycles. The van der Waals surface area contributed by atoms with E-state index in [-0.39, 0.29) is 11.9 Å². The summed E-state index contributed by atoms with van der Waals surface area (Å²) in [7, 11) is 0. The molecular weight excluding hydrogens is 416 g/mol. The average Bonchev–Trinajstić information content (AvgIpc) is 2.75. The highest BCUT2D eigenvalue weighted by atomic mass is 79.9. The molecule has 0 radical (unpaired) electrons. The highest BCUT2D eigenvalue weighted by Gasteiger charge is 2.24. The predicted octanol–water partition coefficient (Wildman–Crippen LogP) is 4.41. The first-order valence-electron chi connectivity index (χ1n) is 9.55. The van der Waals surface area contributed by atoms with Crippen molar-refractivity contribution in [3.05, 3.63) is 82.3 Å². The van der Waals surface area contributed by atoms with Crippen molar-refractivity contribution in [2.24, 2.45) is 0 Å². The van der Waals surface area contributed by atoms with Crippen LogP contribution >= 0.6 is 15.9 Å². The van der Waals surface area contributed by atoms with Gasteiger partial charge >= 0.3 is 0 Å². The zero-order valence-corrected chi connectivity index (χ0v) is 17.2. The minimum Gasteiger partial charge on any atom is -0.379 e. The fraction of sp³-hybridized carbons (Fsp3) is 0.261. The SMILES string of the molecule is O=C(NC[C@H](c1cccc2ccccc12)N1CCOCC1)c1ccc(Br)cc1. The summed E-state index contributed by atoms with van der Waals surface area (Å²) in [6.07, 6.45) is 0. The number of fused-ring (bicyclic) bond motifs is 1. The maximum atomic E-state index is 12.7. The summed E-state index contributed by atoms with van der Waals surface area (Å²) in [6, 6.07) is 22.4. The van der Waals surface area contributed by atoms with E-state index in [0.717, 1.165) is 30.8 Å². The largest absolute Gasteiger partial charge is 0.379 e. The van der Waals surface area contributed by atoms with Crippen molar-refractivity contribution >= 4 is 32.6 Å². The van der Waals surface area contributed by atoms with Gasteiger partial charge in [-0.1, -0.05) is 58.4 Å². The molecule has 4 rings (SSSR count). The van der Waals surface area contributed by atoms with E-state index < -0.39 is 0 Å². The lowest BCUT2D eigenvalue weighted by Gasteiger charge is -2.35. The molecule has 5 heteroatoms. The van der Waals surface area contributed by atoms with Gasteiger partial charge in [0.05, 0.1) is 19.3 Å². The van der Waals surface area contributed by atoms with Crippen molar-refractivity contribution < 1.29 is 9.53 Å². The van der Waals surface area contributed by atoms with Crippen molar-refractivity contribution in [3.63, 3.8) is 0 Å². The molecule has 144 valence electrons. The normalized spacial score (nSPS) is 16.0. The molecule has 1 aliphatic rings. The number of carbonyl (C=O) groups is 1. The molecule has 0 bridgehead atoms. The first-order valence-corrected chi connectivity index (χ1v) is 10.3. The van der Waals surface area contributed by atoms with Crippen molar-refractivity contribution in [2.45, 2.75) is 6.04 Å². The molecular formula is C23H23BrN2O2. The first-order chi connectivity index (χ1) is 13.7. The molecule has 0 unspecified atom stereocenters. The Kier molecular flexibility index (Phi) is 6.05. The molecule has 0 spiro atoms. The second kappa shape index (κ2) is 8.86. The second-order valence-electron chi connectivity index (χ2n) is 6.95. The second-order valence-corrected chi connectivity index (χ2v) is 7.87. The number of benzene rings is 3. The van der Waals surface area contributed by atoms with Gasteiger partial charge in [0, 0.05) is 29.7 Å². The molecule has 1 saturated heterocycles. The van der Waals surface area contributed by atoms with Crippen LogP contribution in [0.2, 0.25) is 0 Å². The van der Waals surface area contributed by atoms with E-state index in [1.165, 1.54) is 16.3 Å². The number of hydrogen-bond acceptors (Lipinski definition) is 3. The summed E-state index contributed by atoms with van der Waals surface area (Å²) in [5, 5.41) is 5.60. The molecule has 28 heavy (non-hydrogen) atoms. The Balaban J connectivity index is 1.60. The third kappa shape index (κ3) is 4.27. The van der Waals surface area contributed by atoms with E-state index in [4.69, 9.17) is 4.74 Å². The zero-order chi connectivity index (χ0) is 19.3. The monoisotopic (exact) mass is 438 g/mol. The van der Waals surface area contributed by atoms with Gasteiger partial charge in [0.15, 0.2) is 0 Å². The lowest BCUT2D eigenvalue weighted by atomic mass is 9.97. The van der Waals surface area contributed by atoms with Gasteiger partial charge < -0.3 is 10.1 Å². The Morgan fingerprint density at radius 3 is 2.50 bits per heavy atom. The molecule has 0 saturated carbocycles. The summed E-state index contributed by atoms with van der Waals surface area (Å²) < 4.78 is 6.51. The lowest BCUT2D eigenvalue weighted by molar-refractivity contribution is 0.0165. The molecule has 1 aliphatic heterocycles. The standard InChI is InChI=1S/C23H23BrN2O2/c24-19-10-8-18(9-11-19)23(27)25-16-22(26-12-14-28-15-13-26)21-7-3-5-17-4-1-2-6-20(17)21/h1-11,22H,12-16H2,(H,25,27)/t22-/m1/s1. The molecule has 1 heterocycles. The third-order valence-corrected chi connectivity index (χ3v) is 5.76. The number of nitrogens with one attached hydrogen (secondary N) is 1. The number of carbonyl (C=O) groups excluding carboxylic acids is 1. The zero-order valence-electron chi connectivity index (χ0n) is 15.6. The Hall–Kier alpha value is -2.21. The summed E-state index contributed by atoms with van der Waals surface area (Å²) in [5.74, 6) is -0.0500. The topological polar surface area (TPSA) is 41.6 Å². The summed E-state index contributed by atoms with van der Waals surface area (Å²) in [5.41, 5.74) is 1.91. The number of nitrogens with zero attached hydrogens (tertiary/aromatic N) is 1. The molecule has 0 aromatic heterocycles. The third-order valence-electron chi connectivity index (χ3n) is 5.23. The van der Waals surface area contributed by atoms with Gasteiger partial charge in [-0.3, -0.25) is 9.69 Å². The van der Waals surface area contributed by atoms with E-state index in [2.05, 4.69) is 68.6 Å². The highest BCUT2D eigenvalue weighted by Crippen LogP contribution is 2.28. The van der Waals surface area contributed by atoms with Crippen LogP contribution in [0.15, 0.2) is 71.2 Å². The lowest BCUT2D eigenvalue weighted by Crippen LogP contribution is -2.43. The van der Waals surface area contributed by atoms with Crippen LogP contribution in [0.25, 0.3) is 10.8 Å². The Morgan fingerprint density at radius 1 is 1.00 bits per heavy atom. The minimum atomic E-state index is -0.0500. The molecule has 1 N–H and O–H groups in total. The van der Waals surface area contributed by atoms with E-state index in [1.54, 1.807) is 0 Å². The summed E-state index contributed by atoms with van der Waals surface area (Å²) in [4.78, 5) is 15.1. The fourth-order valence-electron chi connectivity index (χ4n) is 3.76. The van der Waals surface area contributed by atoms with Crippen LogP contribution in [0.3, 0.4) is 0 Å². The van der Waals surface area contributed by atoms with Crippen LogP contribution < -0.4 is 5.32 Å². The van der Waals surface area contributed by atoms with Crippen molar-refractivity contribution in [1.29, 1.82) is 0 Å². The number of amides is 1. The summed E-state index contributed by atoms with van der Waals surface area (Å²) in [6.45, 7) is 3.73.